The van der Waals surface area contributed by atoms with Gasteiger partial charge in [0, 0.05) is 14.3 Å². The van der Waals surface area contributed by atoms with Crippen molar-refractivity contribution in [3.05, 3.63) is 35.4 Å². The van der Waals surface area contributed by atoms with E-state index >= 15 is 0 Å². The van der Waals surface area contributed by atoms with Crippen molar-refractivity contribution in [1.29, 1.82) is 0 Å². The van der Waals surface area contributed by atoms with E-state index in [1.165, 1.54) is 11.1 Å². The molecule has 0 fully saturated rings. The Morgan fingerprint density at radius 3 is 2.71 bits per heavy atom. The molecule has 2 heteroatoms. The number of carbonyl (C=O) groups is 1. The predicted molar refractivity (Wildman–Crippen MR) is 58.2 cm³/mol. The zero-order valence-corrected chi connectivity index (χ0v) is 8.71. The standard InChI is InChI=1S/C12H17NO/c1-9-4-6-12(7-5-9)8-10(2)13-11(3)14/h4-7,10H,8H2,1-3H3,(H,13,14)/i3D. The van der Waals surface area contributed by atoms with Crippen LogP contribution in [0.5, 0.6) is 0 Å². The van der Waals surface area contributed by atoms with Gasteiger partial charge in [-0.3, -0.25) is 4.79 Å². The molecule has 0 saturated carbocycles. The van der Waals surface area contributed by atoms with Crippen molar-refractivity contribution < 1.29 is 6.17 Å². The highest BCUT2D eigenvalue weighted by Gasteiger charge is 2.03. The largest absolute Gasteiger partial charge is 0.354 e. The number of benzene rings is 1. The summed E-state index contributed by atoms with van der Waals surface area (Å²) in [5.41, 5.74) is 2.44. The highest BCUT2D eigenvalue weighted by molar-refractivity contribution is 5.73. The van der Waals surface area contributed by atoms with Crippen LogP contribution in [0.25, 0.3) is 0 Å². The van der Waals surface area contributed by atoms with Crippen LogP contribution in [0.2, 0.25) is 0 Å². The van der Waals surface area contributed by atoms with Gasteiger partial charge < -0.3 is 5.32 Å². The summed E-state index contributed by atoms with van der Waals surface area (Å²) in [5, 5.41) is 2.77. The molecule has 0 aliphatic heterocycles. The van der Waals surface area contributed by atoms with Gasteiger partial charge in [-0.25, -0.2) is 0 Å². The summed E-state index contributed by atoms with van der Waals surface area (Å²) in [6.07, 6.45) is 0.812. The van der Waals surface area contributed by atoms with E-state index in [0.29, 0.717) is 0 Å². The number of hydrogen-bond acceptors (Lipinski definition) is 1. The van der Waals surface area contributed by atoms with Gasteiger partial charge in [-0.15, -0.1) is 0 Å². The Morgan fingerprint density at radius 2 is 2.14 bits per heavy atom. The van der Waals surface area contributed by atoms with E-state index < -0.39 is 0 Å². The zero-order chi connectivity index (χ0) is 11.3. The molecule has 0 radical (unpaired) electrons. The maximum Gasteiger partial charge on any atom is 0.217 e. The summed E-state index contributed by atoms with van der Waals surface area (Å²) in [6, 6.07) is 8.35. The SMILES string of the molecule is [2H]CC(=O)NC(C)Cc1ccc(C)cc1. The Morgan fingerprint density at radius 1 is 1.50 bits per heavy atom. The smallest absolute Gasteiger partial charge is 0.217 e. The summed E-state index contributed by atoms with van der Waals surface area (Å²) in [7, 11) is 0. The van der Waals surface area contributed by atoms with E-state index in [2.05, 4.69) is 36.5 Å². The predicted octanol–water partition coefficient (Wildman–Crippen LogP) is 2.06. The van der Waals surface area contributed by atoms with Gasteiger partial charge in [0.25, 0.3) is 0 Å². The lowest BCUT2D eigenvalue weighted by atomic mass is 10.1. The summed E-state index contributed by atoms with van der Waals surface area (Å²) < 4.78 is 6.90. The third-order valence-corrected chi connectivity index (χ3v) is 2.07. The summed E-state index contributed by atoms with van der Waals surface area (Å²) in [6.45, 7) is 3.81. The topological polar surface area (TPSA) is 29.1 Å². The fourth-order valence-electron chi connectivity index (χ4n) is 1.40. The molecule has 0 heterocycles. The van der Waals surface area contributed by atoms with Crippen LogP contribution in [-0.4, -0.2) is 11.9 Å². The molecule has 1 atom stereocenters. The number of nitrogens with one attached hydrogen (secondary N) is 1. The number of carbonyl (C=O) groups excluding carboxylic acids is 1. The van der Waals surface area contributed by atoms with E-state index in [-0.39, 0.29) is 18.8 Å². The first-order valence-electron chi connectivity index (χ1n) is 5.46. The monoisotopic (exact) mass is 192 g/mol. The van der Waals surface area contributed by atoms with Crippen molar-refractivity contribution in [1.82, 2.24) is 5.32 Å². The molecule has 1 amide bonds. The maximum atomic E-state index is 11.0. The Balaban J connectivity index is 2.47. The molecular weight excluding hydrogens is 174 g/mol. The van der Waals surface area contributed by atoms with Gasteiger partial charge in [-0.1, -0.05) is 29.8 Å². The summed E-state index contributed by atoms with van der Waals surface area (Å²) in [5.74, 6) is -0.213. The van der Waals surface area contributed by atoms with Crippen molar-refractivity contribution >= 4 is 5.91 Å². The van der Waals surface area contributed by atoms with Gasteiger partial charge in [0.05, 0.1) is 0 Å². The molecule has 2 nitrogen and oxygen atoms in total. The molecule has 0 spiro atoms. The number of amides is 1. The molecule has 1 unspecified atom stereocenters. The van der Waals surface area contributed by atoms with Crippen LogP contribution >= 0.6 is 0 Å². The third kappa shape index (κ3) is 3.60. The van der Waals surface area contributed by atoms with Gasteiger partial charge in [0.2, 0.25) is 5.91 Å². The molecule has 0 aliphatic carbocycles. The van der Waals surface area contributed by atoms with Gasteiger partial charge in [0.15, 0.2) is 0 Å². The maximum absolute atomic E-state index is 11.0. The number of hydrogen-bond donors (Lipinski definition) is 1. The van der Waals surface area contributed by atoms with Crippen molar-refractivity contribution in [3.8, 4) is 0 Å². The highest BCUT2D eigenvalue weighted by atomic mass is 16.1. The van der Waals surface area contributed by atoms with E-state index in [1.54, 1.807) is 0 Å². The second-order valence-electron chi connectivity index (χ2n) is 3.66. The minimum absolute atomic E-state index is 0.0885. The first-order valence-corrected chi connectivity index (χ1v) is 4.76. The minimum atomic E-state index is -0.213. The number of aryl methyl sites for hydroxylation is 1. The molecular formula is C12H17NO. The molecule has 1 N–H and O–H groups in total. The fourth-order valence-corrected chi connectivity index (χ4v) is 1.40. The zero-order valence-electron chi connectivity index (χ0n) is 9.71. The summed E-state index contributed by atoms with van der Waals surface area (Å²) >= 11 is 0. The lowest BCUT2D eigenvalue weighted by molar-refractivity contribution is -0.119. The fraction of sp³-hybridized carbons (Fsp3) is 0.417. The Bertz CT molecular complexity index is 321. The Hall–Kier alpha value is -1.31. The molecule has 0 aromatic heterocycles. The number of rotatable bonds is 3. The van der Waals surface area contributed by atoms with Crippen LogP contribution in [0.4, 0.5) is 0 Å². The van der Waals surface area contributed by atoms with Crippen molar-refractivity contribution in [2.45, 2.75) is 33.2 Å². The second kappa shape index (κ2) is 4.80. The van der Waals surface area contributed by atoms with Crippen LogP contribution in [0.15, 0.2) is 24.3 Å². The minimum Gasteiger partial charge on any atom is -0.354 e. The van der Waals surface area contributed by atoms with Crippen LogP contribution in [-0.2, 0) is 11.2 Å². The average Bonchev–Trinajstić information content (AvgIpc) is 2.21. The molecule has 0 bridgehead atoms. The molecule has 1 aromatic rings. The van der Waals surface area contributed by atoms with E-state index in [0.717, 1.165) is 6.42 Å². The first-order chi connectivity index (χ1) is 7.11. The van der Waals surface area contributed by atoms with Crippen molar-refractivity contribution in [2.75, 3.05) is 0 Å². The van der Waals surface area contributed by atoms with Crippen LogP contribution in [0, 0.1) is 6.92 Å². The quantitative estimate of drug-likeness (QED) is 0.780. The molecule has 0 saturated heterocycles. The van der Waals surface area contributed by atoms with Crippen molar-refractivity contribution in [2.24, 2.45) is 0 Å². The molecule has 1 rings (SSSR count). The average molecular weight is 192 g/mol. The molecule has 0 aliphatic rings. The van der Waals surface area contributed by atoms with Crippen LogP contribution in [0.3, 0.4) is 0 Å². The van der Waals surface area contributed by atoms with E-state index in [9.17, 15) is 4.79 Å². The van der Waals surface area contributed by atoms with Gasteiger partial charge in [-0.2, -0.15) is 0 Å². The second-order valence-corrected chi connectivity index (χ2v) is 3.66. The Kier molecular flexibility index (Phi) is 3.17. The van der Waals surface area contributed by atoms with Crippen LogP contribution in [0.1, 0.15) is 26.3 Å². The van der Waals surface area contributed by atoms with Gasteiger partial charge in [0.1, 0.15) is 0 Å². The Labute approximate surface area is 86.7 Å². The van der Waals surface area contributed by atoms with Crippen molar-refractivity contribution in [3.63, 3.8) is 0 Å². The lowest BCUT2D eigenvalue weighted by Gasteiger charge is -2.12. The normalized spacial score (nSPS) is 13.1. The molecule has 1 aromatic carbocycles. The van der Waals surface area contributed by atoms with E-state index in [4.69, 9.17) is 1.37 Å². The summed E-state index contributed by atoms with van der Waals surface area (Å²) in [4.78, 5) is 11.0. The molecule has 76 valence electrons. The van der Waals surface area contributed by atoms with Crippen LogP contribution < -0.4 is 5.32 Å². The lowest BCUT2D eigenvalue weighted by Crippen LogP contribution is -2.31. The third-order valence-electron chi connectivity index (χ3n) is 2.07. The van der Waals surface area contributed by atoms with Gasteiger partial charge in [-0.05, 0) is 25.8 Å². The molecule has 14 heavy (non-hydrogen) atoms. The highest BCUT2D eigenvalue weighted by Crippen LogP contribution is 2.05. The first kappa shape index (κ1) is 9.25. The van der Waals surface area contributed by atoms with E-state index in [1.807, 2.05) is 6.92 Å². The van der Waals surface area contributed by atoms with Gasteiger partial charge >= 0.3 is 0 Å².